The van der Waals surface area contributed by atoms with Gasteiger partial charge in [-0.1, -0.05) is 26.0 Å². The van der Waals surface area contributed by atoms with Crippen molar-refractivity contribution in [2.45, 2.75) is 19.9 Å². The van der Waals surface area contributed by atoms with Crippen molar-refractivity contribution in [3.8, 4) is 11.5 Å². The van der Waals surface area contributed by atoms with Crippen LogP contribution in [0.1, 0.15) is 19.9 Å². The molecule has 0 unspecified atom stereocenters. The number of carbonyl (C=O) groups excluding carboxylic acids is 1. The highest BCUT2D eigenvalue weighted by Crippen LogP contribution is 2.33. The van der Waals surface area contributed by atoms with Gasteiger partial charge in [0.15, 0.2) is 11.5 Å². The molecule has 1 atom stereocenters. The quantitative estimate of drug-likeness (QED) is 0.706. The van der Waals surface area contributed by atoms with Crippen molar-refractivity contribution >= 4 is 22.5 Å². The molecular weight excluding hydrogens is 374 g/mol. The van der Waals surface area contributed by atoms with Crippen molar-refractivity contribution in [2.24, 2.45) is 5.92 Å². The number of benzene rings is 2. The lowest BCUT2D eigenvalue weighted by Crippen LogP contribution is -2.44. The number of anilines is 1. The number of H-pyrrole nitrogens is 1. The van der Waals surface area contributed by atoms with Gasteiger partial charge in [0.2, 0.25) is 5.91 Å². The number of nitrogens with one attached hydrogen (secondary N) is 2. The molecule has 150 valence electrons. The van der Waals surface area contributed by atoms with E-state index in [1.54, 1.807) is 56.3 Å². The third-order valence-electron chi connectivity index (χ3n) is 4.82. The minimum atomic E-state index is -0.982. The number of aromatic nitrogens is 2. The standard InChI is InChI=1S/C21H21N3O5/c1-12(2)18(24-20(26)14-5-3-4-6-15(14)23-21(24)27)19(25)22-13-7-8-16-17(11-13)29-10-9-28-16/h3-8,11-12,18H,9-10H2,1-2H3,(H,22,25)(H,23,27)/t18-/m0/s1. The van der Waals surface area contributed by atoms with Gasteiger partial charge in [-0.2, -0.15) is 0 Å². The van der Waals surface area contributed by atoms with E-state index in [9.17, 15) is 14.4 Å². The molecule has 29 heavy (non-hydrogen) atoms. The molecule has 2 aromatic carbocycles. The van der Waals surface area contributed by atoms with Crippen LogP contribution in [0.2, 0.25) is 0 Å². The van der Waals surface area contributed by atoms with Crippen LogP contribution in [0.4, 0.5) is 5.69 Å². The lowest BCUT2D eigenvalue weighted by Gasteiger charge is -2.23. The fourth-order valence-corrected chi connectivity index (χ4v) is 3.48. The number of fused-ring (bicyclic) bond motifs is 2. The van der Waals surface area contributed by atoms with Crippen molar-refractivity contribution in [2.75, 3.05) is 18.5 Å². The monoisotopic (exact) mass is 395 g/mol. The van der Waals surface area contributed by atoms with Gasteiger partial charge in [-0.15, -0.1) is 0 Å². The Morgan fingerprint density at radius 1 is 1.07 bits per heavy atom. The predicted molar refractivity (Wildman–Crippen MR) is 109 cm³/mol. The molecule has 0 bridgehead atoms. The number of carbonyl (C=O) groups is 1. The van der Waals surface area contributed by atoms with E-state index >= 15 is 0 Å². The second-order valence-electron chi connectivity index (χ2n) is 7.19. The Morgan fingerprint density at radius 2 is 1.79 bits per heavy atom. The smallest absolute Gasteiger partial charge is 0.329 e. The Kier molecular flexibility index (Phi) is 4.84. The summed E-state index contributed by atoms with van der Waals surface area (Å²) in [6, 6.07) is 10.8. The number of para-hydroxylation sites is 1. The highest BCUT2D eigenvalue weighted by Gasteiger charge is 2.28. The van der Waals surface area contributed by atoms with Crippen molar-refractivity contribution in [3.05, 3.63) is 63.3 Å². The maximum atomic E-state index is 13.1. The molecule has 0 saturated heterocycles. The van der Waals surface area contributed by atoms with Gasteiger partial charge in [0, 0.05) is 11.8 Å². The summed E-state index contributed by atoms with van der Waals surface area (Å²) in [5.41, 5.74) is -0.186. The van der Waals surface area contributed by atoms with Crippen LogP contribution in [0, 0.1) is 5.92 Å². The summed E-state index contributed by atoms with van der Waals surface area (Å²) < 4.78 is 12.0. The average molecular weight is 395 g/mol. The topological polar surface area (TPSA) is 102 Å². The number of amides is 1. The first-order chi connectivity index (χ1) is 14.0. The maximum Gasteiger partial charge on any atom is 0.329 e. The third-order valence-corrected chi connectivity index (χ3v) is 4.82. The molecule has 0 aliphatic carbocycles. The van der Waals surface area contributed by atoms with E-state index in [0.29, 0.717) is 41.3 Å². The number of aromatic amines is 1. The zero-order valence-electron chi connectivity index (χ0n) is 16.1. The van der Waals surface area contributed by atoms with Crippen LogP contribution in [0.25, 0.3) is 10.9 Å². The van der Waals surface area contributed by atoms with E-state index in [-0.39, 0.29) is 5.92 Å². The zero-order chi connectivity index (χ0) is 20.5. The Hall–Kier alpha value is -3.55. The average Bonchev–Trinajstić information content (AvgIpc) is 2.70. The number of ether oxygens (including phenoxy) is 2. The molecular formula is C21H21N3O5. The fourth-order valence-electron chi connectivity index (χ4n) is 3.48. The van der Waals surface area contributed by atoms with Crippen molar-refractivity contribution in [1.29, 1.82) is 0 Å². The minimum Gasteiger partial charge on any atom is -0.486 e. The number of rotatable bonds is 4. The van der Waals surface area contributed by atoms with Gasteiger partial charge in [0.05, 0.1) is 10.9 Å². The fraction of sp³-hybridized carbons (Fsp3) is 0.286. The summed E-state index contributed by atoms with van der Waals surface area (Å²) >= 11 is 0. The Balaban J connectivity index is 1.72. The second-order valence-corrected chi connectivity index (χ2v) is 7.19. The lowest BCUT2D eigenvalue weighted by molar-refractivity contribution is -0.120. The van der Waals surface area contributed by atoms with Crippen LogP contribution in [0.3, 0.4) is 0 Å². The number of hydrogen-bond acceptors (Lipinski definition) is 5. The van der Waals surface area contributed by atoms with Crippen LogP contribution in [0.5, 0.6) is 11.5 Å². The summed E-state index contributed by atoms with van der Waals surface area (Å²) in [7, 11) is 0. The van der Waals surface area contributed by atoms with E-state index in [1.165, 1.54) is 0 Å². The van der Waals surface area contributed by atoms with Crippen LogP contribution in [0.15, 0.2) is 52.1 Å². The van der Waals surface area contributed by atoms with Gasteiger partial charge in [-0.3, -0.25) is 9.59 Å². The van der Waals surface area contributed by atoms with E-state index in [4.69, 9.17) is 9.47 Å². The van der Waals surface area contributed by atoms with Gasteiger partial charge in [-0.25, -0.2) is 9.36 Å². The van der Waals surface area contributed by atoms with Crippen LogP contribution >= 0.6 is 0 Å². The lowest BCUT2D eigenvalue weighted by atomic mass is 10.0. The molecule has 8 heteroatoms. The van der Waals surface area contributed by atoms with Gasteiger partial charge in [0.1, 0.15) is 19.3 Å². The molecule has 8 nitrogen and oxygen atoms in total. The highest BCUT2D eigenvalue weighted by atomic mass is 16.6. The van der Waals surface area contributed by atoms with Crippen molar-refractivity contribution in [3.63, 3.8) is 0 Å². The van der Waals surface area contributed by atoms with E-state index in [0.717, 1.165) is 4.57 Å². The molecule has 3 aromatic rings. The highest BCUT2D eigenvalue weighted by molar-refractivity contribution is 5.94. The van der Waals surface area contributed by atoms with E-state index in [2.05, 4.69) is 10.3 Å². The molecule has 0 radical (unpaired) electrons. The number of hydrogen-bond donors (Lipinski definition) is 2. The van der Waals surface area contributed by atoms with Gasteiger partial charge in [-0.05, 0) is 30.2 Å². The van der Waals surface area contributed by atoms with Crippen LogP contribution in [-0.4, -0.2) is 28.7 Å². The van der Waals surface area contributed by atoms with Gasteiger partial charge in [0.25, 0.3) is 5.56 Å². The molecule has 0 spiro atoms. The zero-order valence-corrected chi connectivity index (χ0v) is 16.1. The van der Waals surface area contributed by atoms with E-state index in [1.807, 2.05) is 0 Å². The Bertz CT molecular complexity index is 1190. The second kappa shape index (κ2) is 7.46. The first-order valence-corrected chi connectivity index (χ1v) is 9.40. The molecule has 2 N–H and O–H groups in total. The Labute approximate surface area is 166 Å². The van der Waals surface area contributed by atoms with Crippen LogP contribution < -0.4 is 26.0 Å². The molecule has 1 amide bonds. The maximum absolute atomic E-state index is 13.1. The van der Waals surface area contributed by atoms with Crippen LogP contribution in [-0.2, 0) is 4.79 Å². The van der Waals surface area contributed by atoms with E-state index < -0.39 is 23.2 Å². The van der Waals surface area contributed by atoms with Crippen molar-refractivity contribution in [1.82, 2.24) is 9.55 Å². The SMILES string of the molecule is CC(C)[C@@H](C(=O)Nc1ccc2c(c1)OCCO2)n1c(=O)[nH]c2ccccc2c1=O. The summed E-state index contributed by atoms with van der Waals surface area (Å²) in [6.07, 6.45) is 0. The molecule has 0 saturated carbocycles. The first-order valence-electron chi connectivity index (χ1n) is 9.40. The van der Waals surface area contributed by atoms with Crippen molar-refractivity contribution < 1.29 is 14.3 Å². The summed E-state index contributed by atoms with van der Waals surface area (Å²) in [5.74, 6) is 0.388. The van der Waals surface area contributed by atoms with Gasteiger partial charge >= 0.3 is 5.69 Å². The largest absolute Gasteiger partial charge is 0.486 e. The molecule has 1 aliphatic rings. The number of nitrogens with zero attached hydrogens (tertiary/aromatic N) is 1. The summed E-state index contributed by atoms with van der Waals surface area (Å²) in [6.45, 7) is 4.48. The molecule has 4 rings (SSSR count). The molecule has 1 aromatic heterocycles. The normalized spacial score (nSPS) is 14.0. The molecule has 1 aliphatic heterocycles. The molecule has 2 heterocycles. The minimum absolute atomic E-state index is 0.299. The first kappa shape index (κ1) is 18.8. The summed E-state index contributed by atoms with van der Waals surface area (Å²) in [5, 5.41) is 3.14. The third kappa shape index (κ3) is 3.49. The van der Waals surface area contributed by atoms with Gasteiger partial charge < -0.3 is 19.8 Å². The predicted octanol–water partition coefficient (Wildman–Crippen LogP) is 2.30. The Morgan fingerprint density at radius 3 is 2.55 bits per heavy atom. The summed E-state index contributed by atoms with van der Waals surface area (Å²) in [4.78, 5) is 41.4. The molecule has 0 fully saturated rings.